The summed E-state index contributed by atoms with van der Waals surface area (Å²) < 4.78 is 0. The Balaban J connectivity index is 1.20. The SMILES string of the molecule is CN(C)C/C=C/C(=O)Nc1ccc(C(=O)N2CCC[C@H](Nc3ncc(Cl)c(C4=CNC5CC=CC=C45)n3)C2)cc1. The molecule has 1 saturated heterocycles. The Kier molecular flexibility index (Phi) is 8.62. The Bertz CT molecular complexity index is 1380. The number of hydrogen-bond donors (Lipinski definition) is 3. The van der Waals surface area contributed by atoms with Crippen molar-refractivity contribution >= 4 is 40.6 Å². The van der Waals surface area contributed by atoms with Gasteiger partial charge >= 0.3 is 0 Å². The third kappa shape index (κ3) is 6.60. The van der Waals surface area contributed by atoms with E-state index in [1.165, 1.54) is 11.6 Å². The molecule has 40 heavy (non-hydrogen) atoms. The average molecular weight is 560 g/mol. The van der Waals surface area contributed by atoms with Gasteiger partial charge in [-0.2, -0.15) is 0 Å². The number of anilines is 2. The number of nitrogens with zero attached hydrogens (tertiary/aromatic N) is 4. The van der Waals surface area contributed by atoms with Crippen LogP contribution in [0.2, 0.25) is 5.02 Å². The molecule has 3 heterocycles. The number of piperidine rings is 1. The van der Waals surface area contributed by atoms with E-state index >= 15 is 0 Å². The summed E-state index contributed by atoms with van der Waals surface area (Å²) in [5.41, 5.74) is 4.07. The van der Waals surface area contributed by atoms with Crippen molar-refractivity contribution < 1.29 is 9.59 Å². The highest BCUT2D eigenvalue weighted by atomic mass is 35.5. The number of likely N-dealkylation sites (N-methyl/N-ethyl adjacent to an activating group) is 1. The van der Waals surface area contributed by atoms with Crippen LogP contribution >= 0.6 is 11.6 Å². The maximum atomic E-state index is 13.3. The van der Waals surface area contributed by atoms with Gasteiger partial charge in [0, 0.05) is 54.8 Å². The van der Waals surface area contributed by atoms with E-state index in [2.05, 4.69) is 39.2 Å². The zero-order valence-electron chi connectivity index (χ0n) is 22.7. The van der Waals surface area contributed by atoms with Gasteiger partial charge in [-0.15, -0.1) is 0 Å². The van der Waals surface area contributed by atoms with E-state index in [9.17, 15) is 9.59 Å². The van der Waals surface area contributed by atoms with Crippen molar-refractivity contribution in [3.63, 3.8) is 0 Å². The lowest BCUT2D eigenvalue weighted by Crippen LogP contribution is -2.45. The fourth-order valence-corrected chi connectivity index (χ4v) is 5.25. The summed E-state index contributed by atoms with van der Waals surface area (Å²) in [6.45, 7) is 1.90. The van der Waals surface area contributed by atoms with Crippen molar-refractivity contribution in [2.24, 2.45) is 0 Å². The molecular formula is C30H34ClN7O2. The van der Waals surface area contributed by atoms with E-state index in [0.29, 0.717) is 47.6 Å². The third-order valence-electron chi connectivity index (χ3n) is 7.08. The first kappa shape index (κ1) is 27.6. The summed E-state index contributed by atoms with van der Waals surface area (Å²) in [5.74, 6) is 0.249. The molecule has 2 atom stereocenters. The fourth-order valence-electron chi connectivity index (χ4n) is 5.06. The first-order valence-corrected chi connectivity index (χ1v) is 13.9. The highest BCUT2D eigenvalue weighted by Crippen LogP contribution is 2.35. The van der Waals surface area contributed by atoms with E-state index in [-0.39, 0.29) is 23.9 Å². The van der Waals surface area contributed by atoms with Gasteiger partial charge in [-0.1, -0.05) is 35.9 Å². The maximum Gasteiger partial charge on any atom is 0.253 e. The number of amides is 2. The highest BCUT2D eigenvalue weighted by Gasteiger charge is 2.28. The summed E-state index contributed by atoms with van der Waals surface area (Å²) >= 11 is 6.51. The number of nitrogens with one attached hydrogen (secondary N) is 3. The maximum absolute atomic E-state index is 13.3. The van der Waals surface area contributed by atoms with Crippen LogP contribution < -0.4 is 16.0 Å². The summed E-state index contributed by atoms with van der Waals surface area (Å²) in [4.78, 5) is 38.4. The van der Waals surface area contributed by atoms with Crippen LogP contribution in [0.1, 0.15) is 35.3 Å². The van der Waals surface area contributed by atoms with E-state index in [4.69, 9.17) is 16.6 Å². The molecule has 2 aliphatic heterocycles. The molecule has 1 fully saturated rings. The van der Waals surface area contributed by atoms with Crippen molar-refractivity contribution in [2.75, 3.05) is 44.4 Å². The minimum Gasteiger partial charge on any atom is -0.383 e. The molecule has 0 saturated carbocycles. The number of aromatic nitrogens is 2. The third-order valence-corrected chi connectivity index (χ3v) is 7.36. The Morgan fingerprint density at radius 2 is 2.08 bits per heavy atom. The lowest BCUT2D eigenvalue weighted by Gasteiger charge is -2.33. The van der Waals surface area contributed by atoms with Gasteiger partial charge in [0.25, 0.3) is 5.91 Å². The summed E-state index contributed by atoms with van der Waals surface area (Å²) in [6.07, 6.45) is 15.9. The molecule has 3 N–H and O–H groups in total. The molecule has 0 radical (unpaired) electrons. The van der Waals surface area contributed by atoms with Crippen LogP contribution in [0.5, 0.6) is 0 Å². The van der Waals surface area contributed by atoms with Gasteiger partial charge in [0.05, 0.1) is 23.0 Å². The van der Waals surface area contributed by atoms with Crippen LogP contribution in [0.3, 0.4) is 0 Å². The number of allylic oxidation sites excluding steroid dienone is 2. The molecular weight excluding hydrogens is 526 g/mol. The molecule has 5 rings (SSSR count). The van der Waals surface area contributed by atoms with Gasteiger partial charge in [0.15, 0.2) is 0 Å². The molecule has 0 spiro atoms. The molecule has 10 heteroatoms. The van der Waals surface area contributed by atoms with E-state index < -0.39 is 0 Å². The number of carbonyl (C=O) groups is 2. The van der Waals surface area contributed by atoms with E-state index in [0.717, 1.165) is 24.8 Å². The molecule has 0 bridgehead atoms. The number of halogens is 1. The first-order chi connectivity index (χ1) is 19.4. The largest absolute Gasteiger partial charge is 0.383 e. The van der Waals surface area contributed by atoms with Crippen molar-refractivity contribution in [1.29, 1.82) is 0 Å². The van der Waals surface area contributed by atoms with E-state index in [1.54, 1.807) is 36.5 Å². The monoisotopic (exact) mass is 559 g/mol. The Labute approximate surface area is 239 Å². The molecule has 1 aromatic carbocycles. The number of hydrogen-bond acceptors (Lipinski definition) is 7. The highest BCUT2D eigenvalue weighted by molar-refractivity contribution is 6.32. The second kappa shape index (κ2) is 12.5. The number of likely N-dealkylation sites (tertiary alicyclic amines) is 1. The van der Waals surface area contributed by atoms with Gasteiger partial charge in [-0.25, -0.2) is 9.97 Å². The zero-order valence-corrected chi connectivity index (χ0v) is 23.5. The molecule has 2 aromatic rings. The quantitative estimate of drug-likeness (QED) is 0.418. The average Bonchev–Trinajstić information content (AvgIpc) is 3.38. The Morgan fingerprint density at radius 3 is 2.88 bits per heavy atom. The topological polar surface area (TPSA) is 102 Å². The van der Waals surface area contributed by atoms with Gasteiger partial charge in [-0.3, -0.25) is 9.59 Å². The normalized spacial score (nSPS) is 20.1. The second-order valence-corrected chi connectivity index (χ2v) is 10.8. The smallest absolute Gasteiger partial charge is 0.253 e. The molecule has 9 nitrogen and oxygen atoms in total. The summed E-state index contributed by atoms with van der Waals surface area (Å²) in [7, 11) is 3.88. The predicted molar refractivity (Wildman–Crippen MR) is 159 cm³/mol. The van der Waals surface area contributed by atoms with Crippen molar-refractivity contribution in [3.05, 3.63) is 88.9 Å². The van der Waals surface area contributed by atoms with Crippen molar-refractivity contribution in [3.8, 4) is 0 Å². The zero-order chi connectivity index (χ0) is 28.1. The van der Waals surface area contributed by atoms with Gasteiger partial charge in [0.2, 0.25) is 11.9 Å². The van der Waals surface area contributed by atoms with E-state index in [1.807, 2.05) is 30.1 Å². The standard InChI is InChI=1S/C30H34ClN7O2/c1-37(2)15-6-10-27(39)34-21-13-11-20(12-14-21)29(40)38-16-5-7-22(19-38)35-30-33-18-25(31)28(36-30)24-17-32-26-9-4-3-8-23(24)26/h3-4,6,8,10-14,17-18,22,26,32H,5,7,9,15-16,19H2,1-2H3,(H,34,39)(H,33,35,36)/b10-6+/t22-,26?/m0/s1. The fraction of sp³-hybridized carbons (Fsp3) is 0.333. The van der Waals surface area contributed by atoms with Crippen LogP contribution in [0, 0.1) is 0 Å². The lowest BCUT2D eigenvalue weighted by molar-refractivity contribution is -0.111. The second-order valence-electron chi connectivity index (χ2n) is 10.4. The van der Waals surface area contributed by atoms with Crippen LogP contribution in [0.4, 0.5) is 11.6 Å². The van der Waals surface area contributed by atoms with Crippen LogP contribution in [0.15, 0.2) is 72.6 Å². The predicted octanol–water partition coefficient (Wildman–Crippen LogP) is 4.10. The van der Waals surface area contributed by atoms with Crippen LogP contribution in [-0.2, 0) is 4.79 Å². The molecule has 1 aromatic heterocycles. The summed E-state index contributed by atoms with van der Waals surface area (Å²) in [5, 5.41) is 10.1. The van der Waals surface area contributed by atoms with Gasteiger partial charge in [-0.05, 0) is 63.2 Å². The molecule has 3 aliphatic rings. The first-order valence-electron chi connectivity index (χ1n) is 13.5. The molecule has 1 aliphatic carbocycles. The number of fused-ring (bicyclic) bond motifs is 1. The molecule has 2 amide bonds. The van der Waals surface area contributed by atoms with Gasteiger partial charge < -0.3 is 25.8 Å². The molecule has 208 valence electrons. The Morgan fingerprint density at radius 1 is 1.25 bits per heavy atom. The minimum atomic E-state index is -0.203. The minimum absolute atomic E-state index is 0.0134. The summed E-state index contributed by atoms with van der Waals surface area (Å²) in [6, 6.07) is 7.26. The molecule has 1 unspecified atom stereocenters. The van der Waals surface area contributed by atoms with Crippen molar-refractivity contribution in [2.45, 2.75) is 31.3 Å². The van der Waals surface area contributed by atoms with Crippen LogP contribution in [-0.4, -0.2) is 77.4 Å². The van der Waals surface area contributed by atoms with Crippen molar-refractivity contribution in [1.82, 2.24) is 25.1 Å². The van der Waals surface area contributed by atoms with Gasteiger partial charge in [0.1, 0.15) is 0 Å². The van der Waals surface area contributed by atoms with Crippen LogP contribution in [0.25, 0.3) is 5.57 Å². The lowest BCUT2D eigenvalue weighted by atomic mass is 9.94. The number of carbonyl (C=O) groups excluding carboxylic acids is 2. The number of rotatable bonds is 8. The number of benzene rings is 1. The Hall–Kier alpha value is -3.95.